The Labute approximate surface area is 122 Å². The maximum Gasteiger partial charge on any atom is 0.127 e. The molecule has 0 fully saturated rings. The van der Waals surface area contributed by atoms with Gasteiger partial charge in [0.25, 0.3) is 0 Å². The minimum Gasteiger partial charge on any atom is -0.488 e. The van der Waals surface area contributed by atoms with Gasteiger partial charge in [0.2, 0.25) is 0 Å². The van der Waals surface area contributed by atoms with E-state index < -0.39 is 0 Å². The predicted molar refractivity (Wildman–Crippen MR) is 86.4 cm³/mol. The first-order chi connectivity index (χ1) is 9.76. The van der Waals surface area contributed by atoms with Gasteiger partial charge in [0, 0.05) is 11.4 Å². The van der Waals surface area contributed by atoms with Gasteiger partial charge in [-0.15, -0.1) is 0 Å². The molecule has 1 N–H and O–H groups in total. The molecule has 0 aliphatic carbocycles. The maximum absolute atomic E-state index is 6.22. The smallest absolute Gasteiger partial charge is 0.127 e. The van der Waals surface area contributed by atoms with Crippen molar-refractivity contribution in [1.82, 2.24) is 5.32 Å². The van der Waals surface area contributed by atoms with Crippen molar-refractivity contribution in [2.75, 3.05) is 6.54 Å². The van der Waals surface area contributed by atoms with Gasteiger partial charge in [-0.05, 0) is 37.8 Å². The number of hydrogen-bond acceptors (Lipinski definition) is 2. The summed E-state index contributed by atoms with van der Waals surface area (Å²) in [5, 5.41) is 5.98. The molecule has 2 aromatic rings. The maximum atomic E-state index is 6.22. The van der Waals surface area contributed by atoms with E-state index in [0.717, 1.165) is 25.1 Å². The van der Waals surface area contributed by atoms with Gasteiger partial charge in [-0.3, -0.25) is 0 Å². The molecule has 0 spiro atoms. The zero-order valence-corrected chi connectivity index (χ0v) is 12.7. The van der Waals surface area contributed by atoms with Crippen molar-refractivity contribution < 1.29 is 4.74 Å². The quantitative estimate of drug-likeness (QED) is 0.806. The summed E-state index contributed by atoms with van der Waals surface area (Å²) >= 11 is 0. The third-order valence-corrected chi connectivity index (χ3v) is 3.73. The third kappa shape index (κ3) is 3.51. The van der Waals surface area contributed by atoms with Crippen LogP contribution in [-0.4, -0.2) is 18.7 Å². The summed E-state index contributed by atoms with van der Waals surface area (Å²) in [5.74, 6) is 0.979. The zero-order chi connectivity index (χ0) is 14.4. The van der Waals surface area contributed by atoms with Crippen LogP contribution in [0.15, 0.2) is 42.5 Å². The first-order valence-electron chi connectivity index (χ1n) is 7.64. The topological polar surface area (TPSA) is 21.3 Å². The van der Waals surface area contributed by atoms with Gasteiger partial charge in [-0.2, -0.15) is 0 Å². The Morgan fingerprint density at radius 2 is 1.80 bits per heavy atom. The first kappa shape index (κ1) is 14.9. The molecule has 2 rings (SSSR count). The van der Waals surface area contributed by atoms with Gasteiger partial charge < -0.3 is 10.1 Å². The highest BCUT2D eigenvalue weighted by Crippen LogP contribution is 2.26. The second-order valence-corrected chi connectivity index (χ2v) is 5.27. The number of fused-ring (bicyclic) bond motifs is 1. The minimum atomic E-state index is 0.164. The molecule has 0 saturated carbocycles. The Hall–Kier alpha value is -1.54. The van der Waals surface area contributed by atoms with Gasteiger partial charge in [-0.1, -0.05) is 50.2 Å². The van der Waals surface area contributed by atoms with E-state index in [1.807, 2.05) is 0 Å². The molecule has 0 radical (unpaired) electrons. The van der Waals surface area contributed by atoms with Crippen molar-refractivity contribution in [3.05, 3.63) is 42.5 Å². The average molecular weight is 271 g/mol. The molecule has 0 bridgehead atoms. The van der Waals surface area contributed by atoms with E-state index >= 15 is 0 Å². The molecular weight excluding hydrogens is 246 g/mol. The Balaban J connectivity index is 2.14. The SMILES string of the molecule is CCCNC(CC)C(C)Oc1cccc2ccccc12. The second kappa shape index (κ2) is 7.30. The summed E-state index contributed by atoms with van der Waals surface area (Å²) in [5.41, 5.74) is 0. The molecule has 0 saturated heterocycles. The fourth-order valence-electron chi connectivity index (χ4n) is 2.55. The highest BCUT2D eigenvalue weighted by molar-refractivity contribution is 5.88. The van der Waals surface area contributed by atoms with Crippen molar-refractivity contribution in [3.63, 3.8) is 0 Å². The van der Waals surface area contributed by atoms with Crippen molar-refractivity contribution in [2.24, 2.45) is 0 Å². The van der Waals surface area contributed by atoms with E-state index in [2.05, 4.69) is 68.6 Å². The lowest BCUT2D eigenvalue weighted by Gasteiger charge is -2.25. The number of benzene rings is 2. The van der Waals surface area contributed by atoms with E-state index in [4.69, 9.17) is 4.74 Å². The molecular formula is C18H25NO. The lowest BCUT2D eigenvalue weighted by Crippen LogP contribution is -2.41. The molecule has 0 aromatic heterocycles. The zero-order valence-electron chi connectivity index (χ0n) is 12.7. The molecule has 2 nitrogen and oxygen atoms in total. The van der Waals surface area contributed by atoms with Crippen molar-refractivity contribution >= 4 is 10.8 Å². The number of nitrogens with one attached hydrogen (secondary N) is 1. The molecule has 0 aliphatic heterocycles. The summed E-state index contributed by atoms with van der Waals surface area (Å²) in [6.45, 7) is 7.59. The molecule has 2 atom stereocenters. The van der Waals surface area contributed by atoms with Crippen LogP contribution in [0, 0.1) is 0 Å². The van der Waals surface area contributed by atoms with Crippen LogP contribution in [0.5, 0.6) is 5.75 Å². The molecule has 108 valence electrons. The van der Waals surface area contributed by atoms with Crippen molar-refractivity contribution in [3.8, 4) is 5.75 Å². The number of rotatable bonds is 7. The van der Waals surface area contributed by atoms with E-state index in [0.29, 0.717) is 6.04 Å². The molecule has 0 heterocycles. The molecule has 0 aliphatic rings. The van der Waals surface area contributed by atoms with E-state index in [9.17, 15) is 0 Å². The number of hydrogen-bond donors (Lipinski definition) is 1. The lowest BCUT2D eigenvalue weighted by molar-refractivity contribution is 0.169. The highest BCUT2D eigenvalue weighted by atomic mass is 16.5. The minimum absolute atomic E-state index is 0.164. The fraction of sp³-hybridized carbons (Fsp3) is 0.444. The highest BCUT2D eigenvalue weighted by Gasteiger charge is 2.16. The Morgan fingerprint density at radius 3 is 2.55 bits per heavy atom. The van der Waals surface area contributed by atoms with E-state index in [1.54, 1.807) is 0 Å². The van der Waals surface area contributed by atoms with Crippen molar-refractivity contribution in [2.45, 2.75) is 45.8 Å². The van der Waals surface area contributed by atoms with Crippen LogP contribution in [0.2, 0.25) is 0 Å². The third-order valence-electron chi connectivity index (χ3n) is 3.73. The van der Waals surface area contributed by atoms with Gasteiger partial charge in [0.05, 0.1) is 0 Å². The normalized spacial score (nSPS) is 14.2. The lowest BCUT2D eigenvalue weighted by atomic mass is 10.1. The van der Waals surface area contributed by atoms with Crippen LogP contribution in [0.1, 0.15) is 33.6 Å². The number of ether oxygens (including phenoxy) is 1. The summed E-state index contributed by atoms with van der Waals surface area (Å²) < 4.78 is 6.22. The summed E-state index contributed by atoms with van der Waals surface area (Å²) in [6.07, 6.45) is 2.39. The van der Waals surface area contributed by atoms with E-state index in [1.165, 1.54) is 10.8 Å². The standard InChI is InChI=1S/C18H25NO/c1-4-13-19-17(5-2)14(3)20-18-12-8-10-15-9-6-7-11-16(15)18/h6-12,14,17,19H,4-5,13H2,1-3H3. The molecule has 2 aromatic carbocycles. The second-order valence-electron chi connectivity index (χ2n) is 5.27. The Kier molecular flexibility index (Phi) is 5.42. The predicted octanol–water partition coefficient (Wildman–Crippen LogP) is 4.39. The average Bonchev–Trinajstić information content (AvgIpc) is 2.48. The van der Waals surface area contributed by atoms with Crippen LogP contribution < -0.4 is 10.1 Å². The van der Waals surface area contributed by atoms with Crippen LogP contribution in [0.4, 0.5) is 0 Å². The van der Waals surface area contributed by atoms with Gasteiger partial charge in [-0.25, -0.2) is 0 Å². The fourth-order valence-corrected chi connectivity index (χ4v) is 2.55. The van der Waals surface area contributed by atoms with Crippen LogP contribution in [0.3, 0.4) is 0 Å². The summed E-state index contributed by atoms with van der Waals surface area (Å²) in [4.78, 5) is 0. The van der Waals surface area contributed by atoms with Gasteiger partial charge >= 0.3 is 0 Å². The van der Waals surface area contributed by atoms with Gasteiger partial charge in [0.1, 0.15) is 11.9 Å². The summed E-state index contributed by atoms with van der Waals surface area (Å²) in [6, 6.07) is 15.0. The summed E-state index contributed by atoms with van der Waals surface area (Å²) in [7, 11) is 0. The van der Waals surface area contributed by atoms with E-state index in [-0.39, 0.29) is 6.10 Å². The Bertz CT molecular complexity index is 532. The molecule has 2 unspecified atom stereocenters. The molecule has 20 heavy (non-hydrogen) atoms. The van der Waals surface area contributed by atoms with Gasteiger partial charge in [0.15, 0.2) is 0 Å². The molecule has 2 heteroatoms. The Morgan fingerprint density at radius 1 is 1.05 bits per heavy atom. The van der Waals surface area contributed by atoms with Crippen molar-refractivity contribution in [1.29, 1.82) is 0 Å². The molecule has 0 amide bonds. The monoisotopic (exact) mass is 271 g/mol. The van der Waals surface area contributed by atoms with Crippen LogP contribution in [-0.2, 0) is 0 Å². The largest absolute Gasteiger partial charge is 0.488 e. The van der Waals surface area contributed by atoms with Crippen LogP contribution in [0.25, 0.3) is 10.8 Å². The first-order valence-corrected chi connectivity index (χ1v) is 7.64. The van der Waals surface area contributed by atoms with Crippen LogP contribution >= 0.6 is 0 Å².